The Labute approximate surface area is 189 Å². The minimum atomic E-state index is 0.462. The summed E-state index contributed by atoms with van der Waals surface area (Å²) in [7, 11) is 0. The van der Waals surface area contributed by atoms with Crippen LogP contribution >= 0.6 is 46.2 Å². The van der Waals surface area contributed by atoms with E-state index in [1.54, 1.807) is 32.9 Å². The molecule has 0 unspecified atom stereocenters. The van der Waals surface area contributed by atoms with E-state index in [0.29, 0.717) is 22.7 Å². The number of hydrogen-bond acceptors (Lipinski definition) is 8. The van der Waals surface area contributed by atoms with Crippen molar-refractivity contribution in [2.75, 3.05) is 0 Å². The monoisotopic (exact) mass is 470 g/mol. The van der Waals surface area contributed by atoms with Gasteiger partial charge in [-0.3, -0.25) is 10.8 Å². The first-order valence-electron chi connectivity index (χ1n) is 9.29. The summed E-state index contributed by atoms with van der Waals surface area (Å²) in [6.45, 7) is 1.17. The number of nitrogens with one attached hydrogen (secondary N) is 2. The third-order valence-electron chi connectivity index (χ3n) is 4.68. The molecular formula is C20H18N6S4. The molecule has 0 saturated carbocycles. The third-order valence-corrected chi connectivity index (χ3v) is 8.82. The van der Waals surface area contributed by atoms with E-state index in [9.17, 15) is 0 Å². The van der Waals surface area contributed by atoms with Crippen LogP contribution in [0.1, 0.15) is 22.3 Å². The SMILES string of the molecule is N=c1sc2nn1Cc1ccc(cc1)Cn1nc(sc1=N)SCc1ccc(cc1)CS2. The molecule has 2 N–H and O–H groups in total. The number of nitrogens with zero attached hydrogens (tertiary/aromatic N) is 4. The first-order valence-corrected chi connectivity index (χ1v) is 12.9. The maximum atomic E-state index is 8.25. The van der Waals surface area contributed by atoms with E-state index >= 15 is 0 Å². The molecule has 0 amide bonds. The van der Waals surface area contributed by atoms with Crippen LogP contribution in [0.15, 0.2) is 57.2 Å². The second kappa shape index (κ2) is 8.54. The largest absolute Gasteiger partial charge is 0.274 e. The highest BCUT2D eigenvalue weighted by Crippen LogP contribution is 2.26. The molecule has 0 saturated heterocycles. The zero-order valence-corrected chi connectivity index (χ0v) is 19.1. The van der Waals surface area contributed by atoms with Gasteiger partial charge in [0.1, 0.15) is 0 Å². The van der Waals surface area contributed by atoms with Gasteiger partial charge < -0.3 is 0 Å². The molecule has 8 rings (SSSR count). The van der Waals surface area contributed by atoms with Gasteiger partial charge in [0.2, 0.25) is 9.60 Å². The summed E-state index contributed by atoms with van der Waals surface area (Å²) >= 11 is 6.20. The lowest BCUT2D eigenvalue weighted by Gasteiger charge is -2.06. The molecule has 10 heteroatoms. The number of aromatic nitrogens is 4. The molecular weight excluding hydrogens is 453 g/mol. The molecule has 30 heavy (non-hydrogen) atoms. The van der Waals surface area contributed by atoms with Crippen LogP contribution in [0.4, 0.5) is 0 Å². The molecule has 0 atom stereocenters. The molecule has 6 heterocycles. The van der Waals surface area contributed by atoms with Crippen molar-refractivity contribution >= 4 is 46.2 Å². The highest BCUT2D eigenvalue weighted by Gasteiger charge is 2.09. The van der Waals surface area contributed by atoms with Crippen LogP contribution in [-0.2, 0) is 24.6 Å². The fourth-order valence-corrected chi connectivity index (χ4v) is 6.66. The highest BCUT2D eigenvalue weighted by atomic mass is 32.2. The van der Waals surface area contributed by atoms with E-state index in [2.05, 4.69) is 58.7 Å². The summed E-state index contributed by atoms with van der Waals surface area (Å²) in [6, 6.07) is 16.9. The van der Waals surface area contributed by atoms with Gasteiger partial charge in [-0.05, 0) is 22.3 Å². The van der Waals surface area contributed by atoms with Crippen LogP contribution in [0, 0.1) is 10.8 Å². The van der Waals surface area contributed by atoms with Gasteiger partial charge >= 0.3 is 0 Å². The molecule has 4 aliphatic rings. The van der Waals surface area contributed by atoms with Crippen molar-refractivity contribution in [1.29, 1.82) is 10.8 Å². The van der Waals surface area contributed by atoms with Gasteiger partial charge in [-0.1, -0.05) is 94.7 Å². The zero-order chi connectivity index (χ0) is 20.5. The number of thioether (sulfide) groups is 2. The van der Waals surface area contributed by atoms with Gasteiger partial charge in [0, 0.05) is 11.5 Å². The molecule has 2 aromatic carbocycles. The minimum absolute atomic E-state index is 0.462. The van der Waals surface area contributed by atoms with E-state index in [1.807, 2.05) is 0 Å². The molecule has 4 aliphatic heterocycles. The topological polar surface area (TPSA) is 83.3 Å². The summed E-state index contributed by atoms with van der Waals surface area (Å²) in [5.41, 5.74) is 4.70. The van der Waals surface area contributed by atoms with Crippen LogP contribution in [0.25, 0.3) is 0 Å². The Morgan fingerprint density at radius 1 is 0.600 bits per heavy atom. The Morgan fingerprint density at radius 2 is 0.967 bits per heavy atom. The summed E-state index contributed by atoms with van der Waals surface area (Å²) in [4.78, 5) is 0.925. The standard InChI is InChI=1S/C20H18N6S4/c21-17-25-9-13-1-2-14(4-3-13)10-26-18(22)30-20(24-26)28-12-16-7-5-15(6-8-16)11-27-19(23-25)29-17/h1-8,21-22H,9-12H2. The van der Waals surface area contributed by atoms with Gasteiger partial charge in [-0.15, -0.1) is 0 Å². The average molecular weight is 471 g/mol. The lowest BCUT2D eigenvalue weighted by molar-refractivity contribution is 0.625. The normalized spacial score (nSPS) is 14.1. The van der Waals surface area contributed by atoms with Crippen LogP contribution in [0.3, 0.4) is 0 Å². The minimum Gasteiger partial charge on any atom is -0.274 e. The lowest BCUT2D eigenvalue weighted by atomic mass is 10.1. The fraction of sp³-hybridized carbons (Fsp3) is 0.200. The van der Waals surface area contributed by atoms with E-state index in [4.69, 9.17) is 10.8 Å². The number of rotatable bonds is 0. The van der Waals surface area contributed by atoms with Gasteiger partial charge in [0.15, 0.2) is 8.68 Å². The summed E-state index contributed by atoms with van der Waals surface area (Å²) in [5.74, 6) is 1.67. The maximum Gasteiger partial charge on any atom is 0.201 e. The van der Waals surface area contributed by atoms with E-state index in [0.717, 1.165) is 31.3 Å². The van der Waals surface area contributed by atoms with Gasteiger partial charge in [-0.25, -0.2) is 9.36 Å². The van der Waals surface area contributed by atoms with Crippen LogP contribution in [0.2, 0.25) is 0 Å². The quantitative estimate of drug-likeness (QED) is 0.404. The third kappa shape index (κ3) is 4.46. The van der Waals surface area contributed by atoms with Crippen molar-refractivity contribution in [1.82, 2.24) is 19.6 Å². The van der Waals surface area contributed by atoms with Crippen molar-refractivity contribution in [2.24, 2.45) is 0 Å². The van der Waals surface area contributed by atoms with Crippen molar-refractivity contribution in [3.63, 3.8) is 0 Å². The second-order valence-electron chi connectivity index (χ2n) is 6.87. The number of benzene rings is 2. The second-order valence-corrected chi connectivity index (χ2v) is 11.3. The molecule has 0 fully saturated rings. The Balaban J connectivity index is 1.49. The Hall–Kier alpha value is -2.14. The van der Waals surface area contributed by atoms with Crippen LogP contribution < -0.4 is 9.60 Å². The first kappa shape index (κ1) is 19.8. The van der Waals surface area contributed by atoms with E-state index in [1.165, 1.54) is 33.8 Å². The molecule has 4 aromatic rings. The van der Waals surface area contributed by atoms with Gasteiger partial charge in [0.25, 0.3) is 0 Å². The van der Waals surface area contributed by atoms with Gasteiger partial charge in [-0.2, -0.15) is 10.2 Å². The lowest BCUT2D eigenvalue weighted by Crippen LogP contribution is -2.16. The number of hydrogen-bond donors (Lipinski definition) is 2. The molecule has 8 bridgehead atoms. The summed E-state index contributed by atoms with van der Waals surface area (Å²) in [6.07, 6.45) is 0. The molecule has 0 aliphatic carbocycles. The maximum absolute atomic E-state index is 8.25. The average Bonchev–Trinajstić information content (AvgIpc) is 3.28. The Morgan fingerprint density at radius 3 is 1.37 bits per heavy atom. The summed E-state index contributed by atoms with van der Waals surface area (Å²) < 4.78 is 5.35. The first-order chi connectivity index (χ1) is 14.6. The van der Waals surface area contributed by atoms with Gasteiger partial charge in [0.05, 0.1) is 13.1 Å². The van der Waals surface area contributed by atoms with Crippen molar-refractivity contribution in [2.45, 2.75) is 33.3 Å². The summed E-state index contributed by atoms with van der Waals surface area (Å²) in [5, 5.41) is 25.8. The zero-order valence-electron chi connectivity index (χ0n) is 15.9. The smallest absolute Gasteiger partial charge is 0.201 e. The van der Waals surface area contributed by atoms with Crippen LogP contribution in [0.5, 0.6) is 0 Å². The molecule has 2 aromatic heterocycles. The van der Waals surface area contributed by atoms with E-state index in [-0.39, 0.29) is 0 Å². The molecule has 0 spiro atoms. The predicted molar refractivity (Wildman–Crippen MR) is 122 cm³/mol. The van der Waals surface area contributed by atoms with Crippen molar-refractivity contribution in [3.8, 4) is 0 Å². The molecule has 6 nitrogen and oxygen atoms in total. The van der Waals surface area contributed by atoms with Crippen molar-refractivity contribution < 1.29 is 0 Å². The van der Waals surface area contributed by atoms with E-state index < -0.39 is 0 Å². The van der Waals surface area contributed by atoms with Crippen LogP contribution in [-0.4, -0.2) is 19.6 Å². The molecule has 0 radical (unpaired) electrons. The predicted octanol–water partition coefficient (Wildman–Crippen LogP) is 4.16. The highest BCUT2D eigenvalue weighted by molar-refractivity contribution is 8.00. The Bertz CT molecular complexity index is 1180. The van der Waals surface area contributed by atoms with Crippen molar-refractivity contribution in [3.05, 3.63) is 80.4 Å². The Kier molecular flexibility index (Phi) is 5.64. The molecule has 152 valence electrons. The fourth-order valence-electron chi connectivity index (χ4n) is 3.05.